The van der Waals surface area contributed by atoms with E-state index in [1.807, 2.05) is 29.2 Å². The summed E-state index contributed by atoms with van der Waals surface area (Å²) in [5.41, 5.74) is 3.65. The van der Waals surface area contributed by atoms with Gasteiger partial charge in [0.25, 0.3) is 0 Å². The largest absolute Gasteiger partial charge is 0.497 e. The van der Waals surface area contributed by atoms with Crippen LogP contribution >= 0.6 is 0 Å². The van der Waals surface area contributed by atoms with Gasteiger partial charge in [-0.1, -0.05) is 42.0 Å². The molecule has 2 aromatic carbocycles. The maximum absolute atomic E-state index is 12.5. The van der Waals surface area contributed by atoms with Gasteiger partial charge in [-0.3, -0.25) is 9.69 Å². The van der Waals surface area contributed by atoms with Gasteiger partial charge in [0.05, 0.1) is 13.5 Å². The molecule has 0 atom stereocenters. The predicted molar refractivity (Wildman–Crippen MR) is 99.7 cm³/mol. The number of hydrogen-bond acceptors (Lipinski definition) is 3. The molecule has 0 N–H and O–H groups in total. The maximum Gasteiger partial charge on any atom is 0.227 e. The van der Waals surface area contributed by atoms with E-state index < -0.39 is 0 Å². The van der Waals surface area contributed by atoms with Crippen molar-refractivity contribution in [3.63, 3.8) is 0 Å². The van der Waals surface area contributed by atoms with E-state index >= 15 is 0 Å². The number of rotatable bonds is 5. The van der Waals surface area contributed by atoms with Gasteiger partial charge >= 0.3 is 0 Å². The molecule has 4 nitrogen and oxygen atoms in total. The average Bonchev–Trinajstić information content (AvgIpc) is 2.62. The van der Waals surface area contributed by atoms with E-state index in [4.69, 9.17) is 4.74 Å². The standard InChI is InChI=1S/C21H26N2O2/c1-17-5-3-7-19(13-17)16-22-9-11-23(12-10-22)21(24)15-18-6-4-8-20(14-18)25-2/h3-8,13-14H,9-12,15-16H2,1-2H3. The summed E-state index contributed by atoms with van der Waals surface area (Å²) < 4.78 is 5.23. The number of methoxy groups -OCH3 is 1. The Labute approximate surface area is 150 Å². The van der Waals surface area contributed by atoms with Gasteiger partial charge in [-0.2, -0.15) is 0 Å². The van der Waals surface area contributed by atoms with E-state index in [1.54, 1.807) is 7.11 Å². The molecule has 0 saturated carbocycles. The molecule has 2 aromatic rings. The Kier molecular flexibility index (Phi) is 5.71. The Bertz CT molecular complexity index is 721. The van der Waals surface area contributed by atoms with Crippen molar-refractivity contribution in [1.82, 2.24) is 9.80 Å². The fraction of sp³-hybridized carbons (Fsp3) is 0.381. The molecular weight excluding hydrogens is 312 g/mol. The molecule has 3 rings (SSSR count). The van der Waals surface area contributed by atoms with Crippen LogP contribution in [0.15, 0.2) is 48.5 Å². The van der Waals surface area contributed by atoms with Crippen LogP contribution in [0.5, 0.6) is 5.75 Å². The summed E-state index contributed by atoms with van der Waals surface area (Å²) in [6.07, 6.45) is 0.440. The van der Waals surface area contributed by atoms with Crippen molar-refractivity contribution < 1.29 is 9.53 Å². The van der Waals surface area contributed by atoms with Crippen LogP contribution in [0.2, 0.25) is 0 Å². The summed E-state index contributed by atoms with van der Waals surface area (Å²) in [6, 6.07) is 16.4. The molecule has 0 bridgehead atoms. The first kappa shape index (κ1) is 17.5. The van der Waals surface area contributed by atoms with Crippen LogP contribution in [-0.4, -0.2) is 49.0 Å². The lowest BCUT2D eigenvalue weighted by Gasteiger charge is -2.35. The lowest BCUT2D eigenvalue weighted by molar-refractivity contribution is -0.132. The fourth-order valence-corrected chi connectivity index (χ4v) is 3.29. The van der Waals surface area contributed by atoms with Crippen molar-refractivity contribution in [2.45, 2.75) is 19.9 Å². The third-order valence-electron chi connectivity index (χ3n) is 4.70. The first-order valence-corrected chi connectivity index (χ1v) is 8.82. The number of amides is 1. The van der Waals surface area contributed by atoms with Crippen LogP contribution in [0, 0.1) is 6.92 Å². The average molecular weight is 338 g/mol. The molecule has 0 radical (unpaired) electrons. The third kappa shape index (κ3) is 4.83. The van der Waals surface area contributed by atoms with Crippen molar-refractivity contribution in [2.24, 2.45) is 0 Å². The van der Waals surface area contributed by atoms with Gasteiger partial charge < -0.3 is 9.64 Å². The van der Waals surface area contributed by atoms with E-state index in [0.29, 0.717) is 6.42 Å². The molecule has 25 heavy (non-hydrogen) atoms. The molecule has 1 fully saturated rings. The number of carbonyl (C=O) groups is 1. The molecule has 0 aromatic heterocycles. The number of piperazine rings is 1. The van der Waals surface area contributed by atoms with E-state index in [9.17, 15) is 4.79 Å². The highest BCUT2D eigenvalue weighted by molar-refractivity contribution is 5.79. The van der Waals surface area contributed by atoms with Crippen LogP contribution in [0.1, 0.15) is 16.7 Å². The zero-order chi connectivity index (χ0) is 17.6. The Hall–Kier alpha value is -2.33. The summed E-state index contributed by atoms with van der Waals surface area (Å²) in [5.74, 6) is 0.997. The van der Waals surface area contributed by atoms with E-state index in [1.165, 1.54) is 11.1 Å². The van der Waals surface area contributed by atoms with E-state index in [2.05, 4.69) is 36.1 Å². The first-order valence-electron chi connectivity index (χ1n) is 8.82. The zero-order valence-electron chi connectivity index (χ0n) is 15.1. The third-order valence-corrected chi connectivity index (χ3v) is 4.70. The Morgan fingerprint density at radius 3 is 2.44 bits per heavy atom. The SMILES string of the molecule is COc1cccc(CC(=O)N2CCN(Cc3cccc(C)c3)CC2)c1. The Morgan fingerprint density at radius 1 is 1.00 bits per heavy atom. The minimum absolute atomic E-state index is 0.198. The van der Waals surface area contributed by atoms with Crippen LogP contribution in [-0.2, 0) is 17.8 Å². The molecule has 0 spiro atoms. The van der Waals surface area contributed by atoms with Gasteiger partial charge in [-0.25, -0.2) is 0 Å². The summed E-state index contributed by atoms with van der Waals surface area (Å²) >= 11 is 0. The maximum atomic E-state index is 12.5. The van der Waals surface area contributed by atoms with Gasteiger partial charge in [-0.15, -0.1) is 0 Å². The van der Waals surface area contributed by atoms with Crippen molar-refractivity contribution in [2.75, 3.05) is 33.3 Å². The highest BCUT2D eigenvalue weighted by atomic mass is 16.5. The van der Waals surface area contributed by atoms with Crippen LogP contribution in [0.4, 0.5) is 0 Å². The highest BCUT2D eigenvalue weighted by Crippen LogP contribution is 2.15. The van der Waals surface area contributed by atoms with Gasteiger partial charge in [-0.05, 0) is 30.2 Å². The van der Waals surface area contributed by atoms with Crippen LogP contribution in [0.25, 0.3) is 0 Å². The van der Waals surface area contributed by atoms with Crippen LogP contribution < -0.4 is 4.74 Å². The lowest BCUT2D eigenvalue weighted by atomic mass is 10.1. The Morgan fingerprint density at radius 2 is 1.72 bits per heavy atom. The second-order valence-electron chi connectivity index (χ2n) is 6.67. The van der Waals surface area contributed by atoms with E-state index in [0.717, 1.165) is 44.0 Å². The molecule has 1 aliphatic rings. The van der Waals surface area contributed by atoms with Crippen molar-refractivity contribution in [1.29, 1.82) is 0 Å². The normalized spacial score (nSPS) is 15.2. The number of carbonyl (C=O) groups excluding carboxylic acids is 1. The fourth-order valence-electron chi connectivity index (χ4n) is 3.29. The number of nitrogens with zero attached hydrogens (tertiary/aromatic N) is 2. The number of hydrogen-bond donors (Lipinski definition) is 0. The molecule has 1 saturated heterocycles. The van der Waals surface area contributed by atoms with Gasteiger partial charge in [0, 0.05) is 32.7 Å². The van der Waals surface area contributed by atoms with Crippen molar-refractivity contribution in [3.8, 4) is 5.75 Å². The quantitative estimate of drug-likeness (QED) is 0.840. The topological polar surface area (TPSA) is 32.8 Å². The van der Waals surface area contributed by atoms with Crippen molar-refractivity contribution in [3.05, 3.63) is 65.2 Å². The molecular formula is C21H26N2O2. The molecule has 0 aliphatic carbocycles. The number of ether oxygens (including phenoxy) is 1. The number of aryl methyl sites for hydroxylation is 1. The minimum Gasteiger partial charge on any atom is -0.497 e. The second kappa shape index (κ2) is 8.17. The minimum atomic E-state index is 0.198. The van der Waals surface area contributed by atoms with Gasteiger partial charge in [0.1, 0.15) is 5.75 Å². The first-order chi connectivity index (χ1) is 12.1. The highest BCUT2D eigenvalue weighted by Gasteiger charge is 2.21. The Balaban J connectivity index is 1.50. The summed E-state index contributed by atoms with van der Waals surface area (Å²) in [5, 5.41) is 0. The summed E-state index contributed by atoms with van der Waals surface area (Å²) in [7, 11) is 1.65. The predicted octanol–water partition coefficient (Wildman–Crippen LogP) is 2.89. The second-order valence-corrected chi connectivity index (χ2v) is 6.67. The van der Waals surface area contributed by atoms with Gasteiger partial charge in [0.2, 0.25) is 5.91 Å². The smallest absolute Gasteiger partial charge is 0.227 e. The molecule has 1 amide bonds. The van der Waals surface area contributed by atoms with Gasteiger partial charge in [0.15, 0.2) is 0 Å². The van der Waals surface area contributed by atoms with Crippen molar-refractivity contribution >= 4 is 5.91 Å². The summed E-state index contributed by atoms with van der Waals surface area (Å²) in [4.78, 5) is 16.9. The molecule has 4 heteroatoms. The molecule has 0 unspecified atom stereocenters. The molecule has 1 heterocycles. The molecule has 1 aliphatic heterocycles. The van der Waals surface area contributed by atoms with E-state index in [-0.39, 0.29) is 5.91 Å². The summed E-state index contributed by atoms with van der Waals surface area (Å²) in [6.45, 7) is 6.54. The van der Waals surface area contributed by atoms with Crippen LogP contribution in [0.3, 0.4) is 0 Å². The zero-order valence-corrected chi connectivity index (χ0v) is 15.1. The lowest BCUT2D eigenvalue weighted by Crippen LogP contribution is -2.48. The molecule has 132 valence electrons. The monoisotopic (exact) mass is 338 g/mol. The number of benzene rings is 2.